The molecule has 0 aromatic carbocycles. The van der Waals surface area contributed by atoms with Crippen molar-refractivity contribution in [3.05, 3.63) is 40.2 Å². The Balaban J connectivity index is 0.00000280. The highest BCUT2D eigenvalue weighted by molar-refractivity contribution is 14.0. The zero-order valence-corrected chi connectivity index (χ0v) is 19.6. The van der Waals surface area contributed by atoms with Gasteiger partial charge in [-0.25, -0.2) is 19.4 Å². The van der Waals surface area contributed by atoms with Crippen molar-refractivity contribution < 1.29 is 4.39 Å². The number of thiazole rings is 1. The summed E-state index contributed by atoms with van der Waals surface area (Å²) in [5, 5.41) is 9.95. The monoisotopic (exact) mass is 518 g/mol. The fourth-order valence-corrected chi connectivity index (χ4v) is 3.84. The summed E-state index contributed by atoms with van der Waals surface area (Å²) in [5.41, 5.74) is 0.990. The average Bonchev–Trinajstić information content (AvgIpc) is 3.30. The second-order valence-electron chi connectivity index (χ2n) is 6.91. The Hall–Kier alpha value is -1.49. The van der Waals surface area contributed by atoms with Crippen molar-refractivity contribution in [1.82, 2.24) is 20.6 Å². The summed E-state index contributed by atoms with van der Waals surface area (Å²) >= 11 is 1.68. The molecule has 1 fully saturated rings. The standard InChI is InChI=1S/C19H27FN6S.HI/c1-4-21-19(23-10-15-12-27-18(24-15)13(2)3)25-14-7-9-26(11-14)17-16(20)6-5-8-22-17;/h5-6,8,12-14H,4,7,9-11H2,1-3H3,(H2,21,23,25);1H. The van der Waals surface area contributed by atoms with Crippen LogP contribution in [0.15, 0.2) is 28.7 Å². The molecule has 1 aliphatic rings. The third-order valence-electron chi connectivity index (χ3n) is 4.37. The van der Waals surface area contributed by atoms with Gasteiger partial charge in [-0.3, -0.25) is 0 Å². The number of nitrogens with zero attached hydrogens (tertiary/aromatic N) is 4. The molecule has 1 unspecified atom stereocenters. The van der Waals surface area contributed by atoms with Crippen molar-refractivity contribution in [2.24, 2.45) is 4.99 Å². The Morgan fingerprint density at radius 2 is 2.29 bits per heavy atom. The molecule has 0 spiro atoms. The Bertz CT molecular complexity index is 781. The van der Waals surface area contributed by atoms with Gasteiger partial charge in [0.2, 0.25) is 0 Å². The number of pyridine rings is 1. The smallest absolute Gasteiger partial charge is 0.191 e. The third kappa shape index (κ3) is 6.00. The predicted molar refractivity (Wildman–Crippen MR) is 124 cm³/mol. The fraction of sp³-hybridized carbons (Fsp3) is 0.526. The maximum Gasteiger partial charge on any atom is 0.191 e. The summed E-state index contributed by atoms with van der Waals surface area (Å²) in [7, 11) is 0. The van der Waals surface area contributed by atoms with Gasteiger partial charge in [0.1, 0.15) is 0 Å². The van der Waals surface area contributed by atoms with Crippen LogP contribution in [0.4, 0.5) is 10.2 Å². The zero-order chi connectivity index (χ0) is 19.2. The number of hydrogen-bond donors (Lipinski definition) is 2. The van der Waals surface area contributed by atoms with E-state index in [1.165, 1.54) is 6.07 Å². The largest absolute Gasteiger partial charge is 0.357 e. The number of aromatic nitrogens is 2. The van der Waals surface area contributed by atoms with E-state index in [9.17, 15) is 4.39 Å². The van der Waals surface area contributed by atoms with Gasteiger partial charge in [0.15, 0.2) is 17.6 Å². The highest BCUT2D eigenvalue weighted by Crippen LogP contribution is 2.21. The van der Waals surface area contributed by atoms with Crippen LogP contribution in [0.25, 0.3) is 0 Å². The molecule has 154 valence electrons. The van der Waals surface area contributed by atoms with E-state index in [4.69, 9.17) is 0 Å². The van der Waals surface area contributed by atoms with E-state index in [0.717, 1.165) is 36.2 Å². The van der Waals surface area contributed by atoms with Crippen LogP contribution in [0.2, 0.25) is 0 Å². The zero-order valence-electron chi connectivity index (χ0n) is 16.5. The van der Waals surface area contributed by atoms with E-state index < -0.39 is 0 Å². The molecule has 28 heavy (non-hydrogen) atoms. The molecule has 0 radical (unpaired) electrons. The molecule has 3 rings (SSSR count). The molecule has 2 N–H and O–H groups in total. The maximum absolute atomic E-state index is 14.0. The maximum atomic E-state index is 14.0. The normalized spacial score (nSPS) is 17.0. The molecule has 0 saturated carbocycles. The number of nitrogens with one attached hydrogen (secondary N) is 2. The van der Waals surface area contributed by atoms with Gasteiger partial charge in [0.25, 0.3) is 0 Å². The van der Waals surface area contributed by atoms with E-state index in [2.05, 4.69) is 44.8 Å². The Morgan fingerprint density at radius 1 is 1.46 bits per heavy atom. The van der Waals surface area contributed by atoms with Crippen molar-refractivity contribution in [2.75, 3.05) is 24.5 Å². The van der Waals surface area contributed by atoms with Crippen molar-refractivity contribution in [2.45, 2.75) is 45.7 Å². The van der Waals surface area contributed by atoms with Gasteiger partial charge >= 0.3 is 0 Å². The summed E-state index contributed by atoms with van der Waals surface area (Å²) in [6.45, 7) is 9.14. The van der Waals surface area contributed by atoms with Gasteiger partial charge in [-0.1, -0.05) is 13.8 Å². The predicted octanol–water partition coefficient (Wildman–Crippen LogP) is 3.75. The molecule has 0 aliphatic carbocycles. The lowest BCUT2D eigenvalue weighted by molar-refractivity contribution is 0.612. The molecular weight excluding hydrogens is 490 g/mol. The minimum absolute atomic E-state index is 0. The Labute approximate surface area is 187 Å². The van der Waals surface area contributed by atoms with Crippen LogP contribution in [0, 0.1) is 5.82 Å². The van der Waals surface area contributed by atoms with Gasteiger partial charge in [0.05, 0.1) is 17.2 Å². The van der Waals surface area contributed by atoms with Crippen molar-refractivity contribution in [1.29, 1.82) is 0 Å². The first-order valence-corrected chi connectivity index (χ1v) is 10.3. The van der Waals surface area contributed by atoms with Crippen molar-refractivity contribution >= 4 is 47.1 Å². The van der Waals surface area contributed by atoms with Crippen LogP contribution in [-0.4, -0.2) is 41.6 Å². The van der Waals surface area contributed by atoms with E-state index >= 15 is 0 Å². The number of rotatable bonds is 6. The first-order chi connectivity index (χ1) is 13.1. The minimum Gasteiger partial charge on any atom is -0.357 e. The Morgan fingerprint density at radius 3 is 2.96 bits per heavy atom. The van der Waals surface area contributed by atoms with E-state index in [1.807, 2.05) is 11.8 Å². The number of hydrogen-bond acceptors (Lipinski definition) is 5. The summed E-state index contributed by atoms with van der Waals surface area (Å²) < 4.78 is 14.0. The number of halogens is 2. The molecular formula is C19H28FIN6S. The van der Waals surface area contributed by atoms with Crippen LogP contribution < -0.4 is 15.5 Å². The van der Waals surface area contributed by atoms with Crippen LogP contribution in [0.3, 0.4) is 0 Å². The highest BCUT2D eigenvalue weighted by atomic mass is 127. The fourth-order valence-electron chi connectivity index (χ4n) is 3.01. The lowest BCUT2D eigenvalue weighted by Gasteiger charge is -2.19. The Kier molecular flexibility index (Phi) is 8.87. The molecule has 1 aliphatic heterocycles. The average molecular weight is 518 g/mol. The SMILES string of the molecule is CCNC(=NCc1csc(C(C)C)n1)NC1CCN(c2ncccc2F)C1.I. The molecule has 0 bridgehead atoms. The second-order valence-corrected chi connectivity index (χ2v) is 7.80. The summed E-state index contributed by atoms with van der Waals surface area (Å²) in [6.07, 6.45) is 2.54. The molecule has 2 aromatic rings. The van der Waals surface area contributed by atoms with Crippen molar-refractivity contribution in [3.8, 4) is 0 Å². The first kappa shape index (κ1) is 22.8. The number of aliphatic imine (C=N–C) groups is 1. The number of anilines is 1. The minimum atomic E-state index is -0.275. The molecule has 9 heteroatoms. The molecule has 3 heterocycles. The van der Waals surface area contributed by atoms with E-state index in [-0.39, 0.29) is 35.8 Å². The van der Waals surface area contributed by atoms with Crippen LogP contribution in [0.5, 0.6) is 0 Å². The second kappa shape index (κ2) is 10.9. The van der Waals surface area contributed by atoms with Gasteiger partial charge in [-0.2, -0.15) is 0 Å². The topological polar surface area (TPSA) is 65.4 Å². The molecule has 6 nitrogen and oxygen atoms in total. The molecule has 0 amide bonds. The van der Waals surface area contributed by atoms with Gasteiger partial charge in [0, 0.05) is 43.2 Å². The van der Waals surface area contributed by atoms with E-state index in [1.54, 1.807) is 23.6 Å². The first-order valence-electron chi connectivity index (χ1n) is 9.41. The lowest BCUT2D eigenvalue weighted by atomic mass is 10.2. The summed E-state index contributed by atoms with van der Waals surface area (Å²) in [5.74, 6) is 1.36. The molecule has 2 aromatic heterocycles. The number of guanidine groups is 1. The summed E-state index contributed by atoms with van der Waals surface area (Å²) in [6, 6.07) is 3.27. The van der Waals surface area contributed by atoms with E-state index in [0.29, 0.717) is 24.8 Å². The summed E-state index contributed by atoms with van der Waals surface area (Å²) in [4.78, 5) is 15.4. The highest BCUT2D eigenvalue weighted by Gasteiger charge is 2.25. The van der Waals surface area contributed by atoms with Crippen molar-refractivity contribution in [3.63, 3.8) is 0 Å². The van der Waals surface area contributed by atoms with Gasteiger partial charge in [-0.15, -0.1) is 35.3 Å². The van der Waals surface area contributed by atoms with Crippen LogP contribution in [-0.2, 0) is 6.54 Å². The molecule has 1 saturated heterocycles. The van der Waals surface area contributed by atoms with Crippen LogP contribution >= 0.6 is 35.3 Å². The van der Waals surface area contributed by atoms with Gasteiger partial charge in [-0.05, 0) is 25.5 Å². The quantitative estimate of drug-likeness (QED) is 0.347. The molecule has 1 atom stereocenters. The third-order valence-corrected chi connectivity index (χ3v) is 5.57. The van der Waals surface area contributed by atoms with Crippen LogP contribution in [0.1, 0.15) is 43.8 Å². The lowest BCUT2D eigenvalue weighted by Crippen LogP contribution is -2.44. The van der Waals surface area contributed by atoms with Gasteiger partial charge < -0.3 is 15.5 Å².